The highest BCUT2D eigenvalue weighted by Gasteiger charge is 2.14. The minimum Gasteiger partial charge on any atom is -0.315 e. The van der Waals surface area contributed by atoms with Crippen molar-refractivity contribution in [3.05, 3.63) is 0 Å². The van der Waals surface area contributed by atoms with Crippen LogP contribution in [0.1, 0.15) is 34.1 Å². The summed E-state index contributed by atoms with van der Waals surface area (Å²) in [6, 6.07) is 0.615. The molecule has 86 valence electrons. The first-order valence-corrected chi connectivity index (χ1v) is 5.87. The van der Waals surface area contributed by atoms with Crippen molar-refractivity contribution in [2.45, 2.75) is 40.2 Å². The molecule has 0 amide bonds. The molecule has 0 aromatic carbocycles. The molecule has 0 heterocycles. The first-order chi connectivity index (χ1) is 6.51. The first-order valence-electron chi connectivity index (χ1n) is 5.87. The molecular weight excluding hydrogens is 172 g/mol. The van der Waals surface area contributed by atoms with Gasteiger partial charge in [0.2, 0.25) is 0 Å². The second kappa shape index (κ2) is 7.24. The second-order valence-corrected chi connectivity index (χ2v) is 4.87. The maximum atomic E-state index is 3.38. The third-order valence-corrected chi connectivity index (χ3v) is 3.00. The van der Waals surface area contributed by atoms with E-state index in [1.54, 1.807) is 0 Å². The van der Waals surface area contributed by atoms with E-state index >= 15 is 0 Å². The third-order valence-electron chi connectivity index (χ3n) is 3.00. The summed E-state index contributed by atoms with van der Waals surface area (Å²) in [7, 11) is 4.28. The van der Waals surface area contributed by atoms with E-state index in [9.17, 15) is 0 Å². The Labute approximate surface area is 90.1 Å². The Morgan fingerprint density at radius 2 is 1.71 bits per heavy atom. The van der Waals surface area contributed by atoms with Gasteiger partial charge in [0.25, 0.3) is 0 Å². The number of hydrogen-bond donors (Lipinski definition) is 1. The zero-order valence-corrected chi connectivity index (χ0v) is 10.8. The topological polar surface area (TPSA) is 15.3 Å². The quantitative estimate of drug-likeness (QED) is 0.678. The lowest BCUT2D eigenvalue weighted by molar-refractivity contribution is 0.233. The summed E-state index contributed by atoms with van der Waals surface area (Å²) in [6.07, 6.45) is 1.27. The van der Waals surface area contributed by atoms with Gasteiger partial charge in [-0.1, -0.05) is 34.1 Å². The van der Waals surface area contributed by atoms with E-state index < -0.39 is 0 Å². The van der Waals surface area contributed by atoms with Gasteiger partial charge >= 0.3 is 0 Å². The van der Waals surface area contributed by atoms with Crippen molar-refractivity contribution in [3.63, 3.8) is 0 Å². The molecule has 2 heteroatoms. The van der Waals surface area contributed by atoms with E-state index in [0.29, 0.717) is 12.0 Å². The summed E-state index contributed by atoms with van der Waals surface area (Å²) < 4.78 is 0. The van der Waals surface area contributed by atoms with E-state index in [-0.39, 0.29) is 0 Å². The Morgan fingerprint density at radius 1 is 1.14 bits per heavy atom. The number of likely N-dealkylation sites (N-methyl/N-ethyl adjacent to an activating group) is 2. The van der Waals surface area contributed by atoms with E-state index in [1.165, 1.54) is 13.0 Å². The van der Waals surface area contributed by atoms with Crippen LogP contribution in [0.25, 0.3) is 0 Å². The summed E-state index contributed by atoms with van der Waals surface area (Å²) in [4.78, 5) is 2.44. The van der Waals surface area contributed by atoms with Crippen LogP contribution in [0.5, 0.6) is 0 Å². The van der Waals surface area contributed by atoms with Crippen molar-refractivity contribution < 1.29 is 0 Å². The van der Waals surface area contributed by atoms with Gasteiger partial charge in [0.15, 0.2) is 0 Å². The largest absolute Gasteiger partial charge is 0.315 e. The standard InChI is InChI=1S/C12H28N2/c1-7-11(4)8-14(6)9-12(13-5)10(2)3/h10-13H,7-9H2,1-6H3. The molecule has 0 saturated carbocycles. The Balaban J connectivity index is 3.84. The van der Waals surface area contributed by atoms with Crippen molar-refractivity contribution >= 4 is 0 Å². The molecule has 0 rings (SSSR count). The summed E-state index contributed by atoms with van der Waals surface area (Å²) in [5.74, 6) is 1.52. The van der Waals surface area contributed by atoms with Crippen molar-refractivity contribution in [3.8, 4) is 0 Å². The molecule has 2 atom stereocenters. The zero-order chi connectivity index (χ0) is 11.1. The van der Waals surface area contributed by atoms with Gasteiger partial charge in [-0.2, -0.15) is 0 Å². The molecule has 0 bridgehead atoms. The molecule has 0 fully saturated rings. The molecule has 0 spiro atoms. The molecule has 0 radical (unpaired) electrons. The average molecular weight is 200 g/mol. The third kappa shape index (κ3) is 5.61. The maximum Gasteiger partial charge on any atom is 0.0214 e. The monoisotopic (exact) mass is 200 g/mol. The fourth-order valence-electron chi connectivity index (χ4n) is 1.71. The highest BCUT2D eigenvalue weighted by molar-refractivity contribution is 4.72. The fraction of sp³-hybridized carbons (Fsp3) is 1.00. The van der Waals surface area contributed by atoms with Crippen LogP contribution in [-0.4, -0.2) is 38.1 Å². The van der Waals surface area contributed by atoms with E-state index in [0.717, 1.165) is 12.5 Å². The van der Waals surface area contributed by atoms with Crippen LogP contribution < -0.4 is 5.32 Å². The van der Waals surface area contributed by atoms with Crippen molar-refractivity contribution in [1.82, 2.24) is 10.2 Å². The predicted octanol–water partition coefficient (Wildman–Crippen LogP) is 2.21. The van der Waals surface area contributed by atoms with E-state index in [1.807, 2.05) is 0 Å². The van der Waals surface area contributed by atoms with Crippen molar-refractivity contribution in [1.29, 1.82) is 0 Å². The average Bonchev–Trinajstić information content (AvgIpc) is 2.13. The smallest absolute Gasteiger partial charge is 0.0214 e. The van der Waals surface area contributed by atoms with Gasteiger partial charge < -0.3 is 10.2 Å². The lowest BCUT2D eigenvalue weighted by Crippen LogP contribution is -2.42. The minimum atomic E-state index is 0.615. The second-order valence-electron chi connectivity index (χ2n) is 4.87. The highest BCUT2D eigenvalue weighted by atomic mass is 15.1. The van der Waals surface area contributed by atoms with Crippen LogP contribution in [0.2, 0.25) is 0 Å². The maximum absolute atomic E-state index is 3.38. The Morgan fingerprint density at radius 3 is 2.07 bits per heavy atom. The molecule has 0 aromatic heterocycles. The summed E-state index contributed by atoms with van der Waals surface area (Å²) >= 11 is 0. The van der Waals surface area contributed by atoms with Crippen LogP contribution in [0.3, 0.4) is 0 Å². The van der Waals surface area contributed by atoms with Gasteiger partial charge in [-0.05, 0) is 25.9 Å². The van der Waals surface area contributed by atoms with Crippen molar-refractivity contribution in [2.75, 3.05) is 27.2 Å². The number of nitrogens with one attached hydrogen (secondary N) is 1. The SMILES string of the molecule is CCC(C)CN(C)CC(NC)C(C)C. The summed E-state index contributed by atoms with van der Waals surface area (Å²) in [5.41, 5.74) is 0. The number of nitrogens with zero attached hydrogens (tertiary/aromatic N) is 1. The molecule has 14 heavy (non-hydrogen) atoms. The molecule has 0 aliphatic rings. The number of hydrogen-bond acceptors (Lipinski definition) is 2. The molecule has 0 aliphatic carbocycles. The molecule has 0 aromatic rings. The Bertz CT molecular complexity index is 134. The fourth-order valence-corrected chi connectivity index (χ4v) is 1.71. The minimum absolute atomic E-state index is 0.615. The van der Waals surface area contributed by atoms with Crippen LogP contribution in [0, 0.1) is 11.8 Å². The molecule has 2 unspecified atom stereocenters. The van der Waals surface area contributed by atoms with Gasteiger partial charge in [-0.3, -0.25) is 0 Å². The Kier molecular flexibility index (Phi) is 7.20. The molecular formula is C12H28N2. The van der Waals surface area contributed by atoms with Gasteiger partial charge in [0.1, 0.15) is 0 Å². The molecule has 1 N–H and O–H groups in total. The summed E-state index contributed by atoms with van der Waals surface area (Å²) in [6.45, 7) is 11.5. The van der Waals surface area contributed by atoms with Crippen LogP contribution in [0.15, 0.2) is 0 Å². The van der Waals surface area contributed by atoms with Gasteiger partial charge in [-0.25, -0.2) is 0 Å². The van der Waals surface area contributed by atoms with Crippen LogP contribution in [0.4, 0.5) is 0 Å². The summed E-state index contributed by atoms with van der Waals surface area (Å²) in [5, 5.41) is 3.38. The van der Waals surface area contributed by atoms with Gasteiger partial charge in [0.05, 0.1) is 0 Å². The predicted molar refractivity (Wildman–Crippen MR) is 64.6 cm³/mol. The molecule has 0 saturated heterocycles. The van der Waals surface area contributed by atoms with Gasteiger partial charge in [-0.15, -0.1) is 0 Å². The molecule has 0 aliphatic heterocycles. The van der Waals surface area contributed by atoms with E-state index in [4.69, 9.17) is 0 Å². The van der Waals surface area contributed by atoms with Crippen LogP contribution in [-0.2, 0) is 0 Å². The lowest BCUT2D eigenvalue weighted by Gasteiger charge is -2.28. The molecule has 2 nitrogen and oxygen atoms in total. The van der Waals surface area contributed by atoms with Crippen LogP contribution >= 0.6 is 0 Å². The number of rotatable bonds is 7. The van der Waals surface area contributed by atoms with Gasteiger partial charge in [0, 0.05) is 19.1 Å². The normalized spacial score (nSPS) is 16.3. The zero-order valence-electron chi connectivity index (χ0n) is 10.8. The van der Waals surface area contributed by atoms with E-state index in [2.05, 4.69) is 52.0 Å². The Hall–Kier alpha value is -0.0800. The van der Waals surface area contributed by atoms with Crippen molar-refractivity contribution in [2.24, 2.45) is 11.8 Å². The lowest BCUT2D eigenvalue weighted by atomic mass is 10.0. The first kappa shape index (κ1) is 13.9. The highest BCUT2D eigenvalue weighted by Crippen LogP contribution is 2.06.